The Bertz CT molecular complexity index is 390. The largest absolute Gasteiger partial charge is 0.394 e. The van der Waals surface area contributed by atoms with Crippen molar-refractivity contribution in [2.24, 2.45) is 0 Å². The van der Waals surface area contributed by atoms with Crippen LogP contribution in [0.1, 0.15) is 5.56 Å². The molecule has 0 amide bonds. The van der Waals surface area contributed by atoms with Crippen molar-refractivity contribution in [3.05, 3.63) is 28.0 Å². The zero-order valence-corrected chi connectivity index (χ0v) is 10.8. The number of ether oxygens (including phenoxy) is 1. The van der Waals surface area contributed by atoms with E-state index in [4.69, 9.17) is 33.0 Å². The molecule has 1 saturated heterocycles. The molecule has 4 nitrogen and oxygen atoms in total. The van der Waals surface area contributed by atoms with Gasteiger partial charge in [-0.05, 0) is 6.07 Å². The van der Waals surface area contributed by atoms with E-state index in [1.54, 1.807) is 6.07 Å². The van der Waals surface area contributed by atoms with Crippen molar-refractivity contribution in [2.75, 3.05) is 26.3 Å². The number of hydrogen-bond donors (Lipinski definition) is 1. The highest BCUT2D eigenvalue weighted by Gasteiger charge is 2.20. The van der Waals surface area contributed by atoms with Crippen LogP contribution in [0.15, 0.2) is 12.1 Å². The Hall–Kier alpha value is -0.390. The highest BCUT2D eigenvalue weighted by Crippen LogP contribution is 2.19. The minimum absolute atomic E-state index is 0.0447. The molecule has 0 aliphatic carbocycles. The van der Waals surface area contributed by atoms with E-state index in [2.05, 4.69) is 9.88 Å². The van der Waals surface area contributed by atoms with E-state index in [1.165, 1.54) is 0 Å². The highest BCUT2D eigenvalue weighted by atomic mass is 35.5. The van der Waals surface area contributed by atoms with Gasteiger partial charge in [-0.1, -0.05) is 29.3 Å². The van der Waals surface area contributed by atoms with Gasteiger partial charge in [0.15, 0.2) is 0 Å². The van der Waals surface area contributed by atoms with Crippen LogP contribution in [-0.2, 0) is 11.3 Å². The predicted octanol–water partition coefficient (Wildman–Crippen LogP) is 1.58. The second kappa shape index (κ2) is 5.98. The second-order valence-corrected chi connectivity index (χ2v) is 4.74. The summed E-state index contributed by atoms with van der Waals surface area (Å²) >= 11 is 11.8. The average molecular weight is 277 g/mol. The summed E-state index contributed by atoms with van der Waals surface area (Å²) in [4.78, 5) is 6.18. The molecule has 0 spiro atoms. The lowest BCUT2D eigenvalue weighted by Crippen LogP contribution is -2.43. The van der Waals surface area contributed by atoms with Crippen LogP contribution in [0.2, 0.25) is 10.3 Å². The Kier molecular flexibility index (Phi) is 4.59. The molecule has 17 heavy (non-hydrogen) atoms. The number of hydrogen-bond acceptors (Lipinski definition) is 4. The first-order valence-corrected chi connectivity index (χ1v) is 6.20. The second-order valence-electron chi connectivity index (χ2n) is 3.99. The van der Waals surface area contributed by atoms with E-state index in [0.717, 1.165) is 12.1 Å². The Balaban J connectivity index is 2.00. The minimum atomic E-state index is -0.109. The summed E-state index contributed by atoms with van der Waals surface area (Å²) in [5.41, 5.74) is 0.939. The van der Waals surface area contributed by atoms with E-state index in [1.807, 2.05) is 6.07 Å². The fraction of sp³-hybridized carbons (Fsp3) is 0.545. The van der Waals surface area contributed by atoms with E-state index in [-0.39, 0.29) is 12.7 Å². The fourth-order valence-corrected chi connectivity index (χ4v) is 2.24. The van der Waals surface area contributed by atoms with E-state index >= 15 is 0 Å². The van der Waals surface area contributed by atoms with Gasteiger partial charge in [0, 0.05) is 25.2 Å². The number of aromatic nitrogens is 1. The lowest BCUT2D eigenvalue weighted by Gasteiger charge is -2.32. The Morgan fingerprint density at radius 2 is 2.29 bits per heavy atom. The molecule has 1 aromatic heterocycles. The quantitative estimate of drug-likeness (QED) is 0.852. The monoisotopic (exact) mass is 276 g/mol. The number of halogens is 2. The number of aliphatic hydroxyl groups excluding tert-OH is 1. The van der Waals surface area contributed by atoms with Crippen molar-refractivity contribution in [1.82, 2.24) is 9.88 Å². The summed E-state index contributed by atoms with van der Waals surface area (Å²) < 4.78 is 5.38. The molecule has 0 aromatic carbocycles. The SMILES string of the molecule is OCC1CN(Cc2ccc(Cl)nc2Cl)CCO1. The van der Waals surface area contributed by atoms with Gasteiger partial charge in [-0.25, -0.2) is 4.98 Å². The minimum Gasteiger partial charge on any atom is -0.394 e. The van der Waals surface area contributed by atoms with Crippen molar-refractivity contribution in [1.29, 1.82) is 0 Å². The molecule has 1 aliphatic rings. The molecule has 1 aromatic rings. The Morgan fingerprint density at radius 1 is 1.47 bits per heavy atom. The van der Waals surface area contributed by atoms with E-state index in [9.17, 15) is 0 Å². The molecule has 1 aliphatic heterocycles. The van der Waals surface area contributed by atoms with Crippen LogP contribution in [0.3, 0.4) is 0 Å². The maximum Gasteiger partial charge on any atom is 0.135 e. The van der Waals surface area contributed by atoms with Crippen LogP contribution in [0.5, 0.6) is 0 Å². The van der Waals surface area contributed by atoms with Crippen molar-refractivity contribution >= 4 is 23.2 Å². The molecule has 1 atom stereocenters. The average Bonchev–Trinajstić information content (AvgIpc) is 2.33. The van der Waals surface area contributed by atoms with E-state index in [0.29, 0.717) is 30.0 Å². The van der Waals surface area contributed by atoms with Gasteiger partial charge in [-0.2, -0.15) is 0 Å². The van der Waals surface area contributed by atoms with Gasteiger partial charge in [-0.3, -0.25) is 4.90 Å². The molecule has 0 radical (unpaired) electrons. The molecule has 6 heteroatoms. The van der Waals surface area contributed by atoms with Crippen LogP contribution in [0.4, 0.5) is 0 Å². The van der Waals surface area contributed by atoms with Gasteiger partial charge < -0.3 is 9.84 Å². The molecular formula is C11H14Cl2N2O2. The molecule has 1 N–H and O–H groups in total. The molecular weight excluding hydrogens is 263 g/mol. The summed E-state index contributed by atoms with van der Waals surface area (Å²) in [6.07, 6.45) is -0.109. The van der Waals surface area contributed by atoms with Gasteiger partial charge in [-0.15, -0.1) is 0 Å². The van der Waals surface area contributed by atoms with Gasteiger partial charge >= 0.3 is 0 Å². The molecule has 0 saturated carbocycles. The smallest absolute Gasteiger partial charge is 0.135 e. The van der Waals surface area contributed by atoms with E-state index < -0.39 is 0 Å². The summed E-state index contributed by atoms with van der Waals surface area (Å²) in [5.74, 6) is 0. The maximum atomic E-state index is 9.06. The van der Waals surface area contributed by atoms with Gasteiger partial charge in [0.05, 0.1) is 19.3 Å². The lowest BCUT2D eigenvalue weighted by molar-refractivity contribution is -0.0551. The third-order valence-electron chi connectivity index (χ3n) is 2.71. The topological polar surface area (TPSA) is 45.6 Å². The first-order chi connectivity index (χ1) is 8.19. The number of aliphatic hydroxyl groups is 1. The molecule has 1 fully saturated rings. The van der Waals surface area contributed by atoms with Crippen LogP contribution < -0.4 is 0 Å². The normalized spacial score (nSPS) is 21.7. The van der Waals surface area contributed by atoms with Crippen molar-refractivity contribution in [3.8, 4) is 0 Å². The maximum absolute atomic E-state index is 9.06. The fourth-order valence-electron chi connectivity index (χ4n) is 1.83. The predicted molar refractivity (Wildman–Crippen MR) is 66.4 cm³/mol. The van der Waals surface area contributed by atoms with Gasteiger partial charge in [0.1, 0.15) is 10.3 Å². The lowest BCUT2D eigenvalue weighted by atomic mass is 10.2. The van der Waals surface area contributed by atoms with Crippen molar-refractivity contribution in [2.45, 2.75) is 12.6 Å². The summed E-state index contributed by atoms with van der Waals surface area (Å²) in [6.45, 7) is 2.90. The zero-order chi connectivity index (χ0) is 12.3. The Labute approximate surface area is 110 Å². The first-order valence-electron chi connectivity index (χ1n) is 5.45. The molecule has 2 rings (SSSR count). The summed E-state index contributed by atoms with van der Waals surface area (Å²) in [6, 6.07) is 3.60. The van der Waals surface area contributed by atoms with Crippen LogP contribution in [0.25, 0.3) is 0 Å². The Morgan fingerprint density at radius 3 is 3.00 bits per heavy atom. The first kappa shape index (κ1) is 13.1. The van der Waals surface area contributed by atoms with Crippen molar-refractivity contribution in [3.63, 3.8) is 0 Å². The number of morpholine rings is 1. The molecule has 94 valence electrons. The number of nitrogens with zero attached hydrogens (tertiary/aromatic N) is 2. The van der Waals surface area contributed by atoms with Crippen LogP contribution >= 0.6 is 23.2 Å². The third kappa shape index (κ3) is 3.53. The zero-order valence-electron chi connectivity index (χ0n) is 9.27. The number of rotatable bonds is 3. The highest BCUT2D eigenvalue weighted by molar-refractivity contribution is 6.32. The van der Waals surface area contributed by atoms with Crippen LogP contribution in [-0.4, -0.2) is 47.4 Å². The summed E-state index contributed by atoms with van der Waals surface area (Å²) in [5, 5.41) is 9.89. The molecule has 1 unspecified atom stereocenters. The van der Waals surface area contributed by atoms with Gasteiger partial charge in [0.2, 0.25) is 0 Å². The van der Waals surface area contributed by atoms with Crippen molar-refractivity contribution < 1.29 is 9.84 Å². The third-order valence-corrected chi connectivity index (χ3v) is 3.25. The van der Waals surface area contributed by atoms with Crippen LogP contribution in [0, 0.1) is 0 Å². The molecule has 2 heterocycles. The van der Waals surface area contributed by atoms with Gasteiger partial charge in [0.25, 0.3) is 0 Å². The summed E-state index contributed by atoms with van der Waals surface area (Å²) in [7, 11) is 0. The number of pyridine rings is 1. The standard InChI is InChI=1S/C11H14Cl2N2O2/c12-10-2-1-8(11(13)14-10)5-15-3-4-17-9(6-15)7-16/h1-2,9,16H,3-7H2. The molecule has 0 bridgehead atoms.